The number of nitrogens with one attached hydrogen (secondary N) is 2. The maximum atomic E-state index is 11.6. The average molecular weight is 288 g/mol. The lowest BCUT2D eigenvalue weighted by Crippen LogP contribution is -2.35. The highest BCUT2D eigenvalue weighted by Crippen LogP contribution is 2.22. The van der Waals surface area contributed by atoms with E-state index in [0.717, 1.165) is 31.7 Å². The number of carbonyl (C=O) groups excluding carboxylic acids is 1. The summed E-state index contributed by atoms with van der Waals surface area (Å²) in [7, 11) is 0. The van der Waals surface area contributed by atoms with Crippen molar-refractivity contribution >= 4 is 11.5 Å². The molecule has 0 spiro atoms. The van der Waals surface area contributed by atoms with Gasteiger partial charge in [-0.3, -0.25) is 4.79 Å². The van der Waals surface area contributed by atoms with Crippen LogP contribution in [-0.2, 0) is 4.79 Å². The van der Waals surface area contributed by atoms with E-state index < -0.39 is 0 Å². The summed E-state index contributed by atoms with van der Waals surface area (Å²) in [4.78, 5) is 11.6. The quantitative estimate of drug-likeness (QED) is 0.845. The number of hydrogen-bond acceptors (Lipinski definition) is 3. The molecule has 2 rings (SSSR count). The van der Waals surface area contributed by atoms with Crippen molar-refractivity contribution in [1.82, 2.24) is 10.6 Å². The number of amides is 1. The normalized spacial score (nSPS) is 16.0. The van der Waals surface area contributed by atoms with Gasteiger partial charge in [-0.05, 0) is 49.6 Å². The van der Waals surface area contributed by atoms with E-state index in [0.29, 0.717) is 0 Å². The molecule has 4 heteroatoms. The third kappa shape index (κ3) is 4.90. The molecule has 21 heavy (non-hydrogen) atoms. The molecule has 2 N–H and O–H groups in total. The van der Waals surface area contributed by atoms with Gasteiger partial charge < -0.3 is 15.4 Å². The lowest BCUT2D eigenvalue weighted by Gasteiger charge is -2.15. The van der Waals surface area contributed by atoms with Crippen LogP contribution in [0.25, 0.3) is 5.57 Å². The molecule has 1 aromatic rings. The van der Waals surface area contributed by atoms with Gasteiger partial charge in [0.25, 0.3) is 5.91 Å². The Morgan fingerprint density at radius 1 is 1.38 bits per heavy atom. The smallest absolute Gasteiger partial charge is 0.258 e. The largest absolute Gasteiger partial charge is 0.484 e. The van der Waals surface area contributed by atoms with Crippen molar-refractivity contribution in [1.29, 1.82) is 0 Å². The fourth-order valence-corrected chi connectivity index (χ4v) is 2.22. The minimum absolute atomic E-state index is 0.0658. The third-order valence-electron chi connectivity index (χ3n) is 3.68. The highest BCUT2D eigenvalue weighted by Gasteiger charge is 2.08. The number of hydrogen-bond donors (Lipinski definition) is 2. The number of rotatable bonds is 6. The third-order valence-corrected chi connectivity index (χ3v) is 3.68. The van der Waals surface area contributed by atoms with Crippen molar-refractivity contribution in [2.24, 2.45) is 0 Å². The summed E-state index contributed by atoms with van der Waals surface area (Å²) in [5.74, 6) is 0.655. The predicted molar refractivity (Wildman–Crippen MR) is 85.3 cm³/mol. The van der Waals surface area contributed by atoms with Crippen LogP contribution in [0.3, 0.4) is 0 Å². The van der Waals surface area contributed by atoms with Crippen molar-refractivity contribution in [3.63, 3.8) is 0 Å². The van der Waals surface area contributed by atoms with Crippen molar-refractivity contribution < 1.29 is 9.53 Å². The number of carbonyl (C=O) groups is 1. The molecule has 1 aliphatic heterocycles. The van der Waals surface area contributed by atoms with Gasteiger partial charge in [-0.2, -0.15) is 0 Å². The van der Waals surface area contributed by atoms with Crippen LogP contribution in [0.15, 0.2) is 30.3 Å². The first-order valence-electron chi connectivity index (χ1n) is 7.61. The summed E-state index contributed by atoms with van der Waals surface area (Å²) >= 11 is 0. The molecular formula is C17H24N2O2. The topological polar surface area (TPSA) is 50.4 Å². The van der Waals surface area contributed by atoms with Crippen LogP contribution in [0.1, 0.15) is 32.3 Å². The van der Waals surface area contributed by atoms with Gasteiger partial charge in [-0.1, -0.05) is 25.1 Å². The van der Waals surface area contributed by atoms with E-state index in [4.69, 9.17) is 4.74 Å². The summed E-state index contributed by atoms with van der Waals surface area (Å²) in [5.41, 5.74) is 2.60. The molecule has 1 aromatic carbocycles. The van der Waals surface area contributed by atoms with Gasteiger partial charge in [0.05, 0.1) is 0 Å². The Balaban J connectivity index is 1.85. The molecule has 114 valence electrons. The van der Waals surface area contributed by atoms with Crippen molar-refractivity contribution in [2.45, 2.75) is 32.7 Å². The fourth-order valence-electron chi connectivity index (χ4n) is 2.22. The molecule has 0 aromatic heterocycles. The highest BCUT2D eigenvalue weighted by atomic mass is 16.5. The second kappa shape index (κ2) is 7.84. The summed E-state index contributed by atoms with van der Waals surface area (Å²) in [5, 5.41) is 6.19. The van der Waals surface area contributed by atoms with Gasteiger partial charge in [0.1, 0.15) is 5.75 Å². The molecule has 0 bridgehead atoms. The van der Waals surface area contributed by atoms with E-state index in [2.05, 4.69) is 28.8 Å². The number of ether oxygens (including phenoxy) is 1. The standard InChI is InChI=1S/C17H24N2O2/c1-3-13(2)19-17(20)12-21-16-6-4-14(5-7-16)15-8-10-18-11-9-15/h4-8,13,18H,3,9-12H2,1-2H3,(H,19,20). The highest BCUT2D eigenvalue weighted by molar-refractivity contribution is 5.77. The molecule has 0 saturated heterocycles. The van der Waals surface area contributed by atoms with Crippen molar-refractivity contribution in [2.75, 3.05) is 19.7 Å². The molecule has 1 aliphatic rings. The molecule has 1 atom stereocenters. The summed E-state index contributed by atoms with van der Waals surface area (Å²) < 4.78 is 5.51. The second-order valence-electron chi connectivity index (χ2n) is 5.37. The van der Waals surface area contributed by atoms with Gasteiger partial charge in [-0.25, -0.2) is 0 Å². The monoisotopic (exact) mass is 288 g/mol. The Kier molecular flexibility index (Phi) is 5.81. The zero-order valence-corrected chi connectivity index (χ0v) is 12.8. The summed E-state index contributed by atoms with van der Waals surface area (Å²) in [6.07, 6.45) is 4.20. The van der Waals surface area contributed by atoms with Gasteiger partial charge >= 0.3 is 0 Å². The first-order chi connectivity index (χ1) is 10.2. The molecule has 4 nitrogen and oxygen atoms in total. The number of benzene rings is 1. The van der Waals surface area contributed by atoms with E-state index in [9.17, 15) is 4.79 Å². The molecule has 0 saturated carbocycles. The van der Waals surface area contributed by atoms with Crippen LogP contribution in [0.4, 0.5) is 0 Å². The molecule has 1 unspecified atom stereocenters. The lowest BCUT2D eigenvalue weighted by atomic mass is 10.0. The maximum Gasteiger partial charge on any atom is 0.258 e. The molecule has 1 heterocycles. The van der Waals surface area contributed by atoms with Crippen molar-refractivity contribution in [3.8, 4) is 5.75 Å². The van der Waals surface area contributed by atoms with E-state index in [-0.39, 0.29) is 18.6 Å². The Morgan fingerprint density at radius 2 is 2.14 bits per heavy atom. The van der Waals surface area contributed by atoms with Gasteiger partial charge in [0.15, 0.2) is 6.61 Å². The van der Waals surface area contributed by atoms with E-state index in [1.807, 2.05) is 26.0 Å². The average Bonchev–Trinajstić information content (AvgIpc) is 2.54. The SMILES string of the molecule is CCC(C)NC(=O)COc1ccc(C2=CCNCC2)cc1. The first-order valence-corrected chi connectivity index (χ1v) is 7.61. The minimum atomic E-state index is -0.0745. The van der Waals surface area contributed by atoms with Crippen LogP contribution >= 0.6 is 0 Å². The zero-order valence-electron chi connectivity index (χ0n) is 12.8. The van der Waals surface area contributed by atoms with Crippen LogP contribution in [-0.4, -0.2) is 31.6 Å². The minimum Gasteiger partial charge on any atom is -0.484 e. The van der Waals surface area contributed by atoms with Crippen LogP contribution in [0.5, 0.6) is 5.75 Å². The van der Waals surface area contributed by atoms with Gasteiger partial charge in [-0.15, -0.1) is 0 Å². The van der Waals surface area contributed by atoms with Gasteiger partial charge in [0, 0.05) is 12.6 Å². The Labute approximate surface area is 126 Å². The molecule has 0 radical (unpaired) electrons. The summed E-state index contributed by atoms with van der Waals surface area (Å²) in [6.45, 7) is 6.05. The Hall–Kier alpha value is -1.81. The van der Waals surface area contributed by atoms with Crippen LogP contribution in [0, 0.1) is 0 Å². The molecule has 0 fully saturated rings. The Bertz CT molecular complexity index is 494. The van der Waals surface area contributed by atoms with E-state index >= 15 is 0 Å². The first kappa shape index (κ1) is 15.6. The van der Waals surface area contributed by atoms with E-state index in [1.54, 1.807) is 0 Å². The molecule has 0 aliphatic carbocycles. The second-order valence-corrected chi connectivity index (χ2v) is 5.37. The summed E-state index contributed by atoms with van der Waals surface area (Å²) in [6, 6.07) is 8.15. The Morgan fingerprint density at radius 3 is 2.76 bits per heavy atom. The van der Waals surface area contributed by atoms with Gasteiger partial charge in [0.2, 0.25) is 0 Å². The van der Waals surface area contributed by atoms with Crippen LogP contribution < -0.4 is 15.4 Å². The molecular weight excluding hydrogens is 264 g/mol. The predicted octanol–water partition coefficient (Wildman–Crippen LogP) is 2.36. The maximum absolute atomic E-state index is 11.6. The lowest BCUT2D eigenvalue weighted by molar-refractivity contribution is -0.123. The van der Waals surface area contributed by atoms with E-state index in [1.165, 1.54) is 11.1 Å². The van der Waals surface area contributed by atoms with Crippen molar-refractivity contribution in [3.05, 3.63) is 35.9 Å². The van der Waals surface area contributed by atoms with Crippen LogP contribution in [0.2, 0.25) is 0 Å². The molecule has 1 amide bonds. The fraction of sp³-hybridized carbons (Fsp3) is 0.471. The zero-order chi connectivity index (χ0) is 15.1.